The smallest absolute Gasteiger partial charge is 0.123 e. The van der Waals surface area contributed by atoms with Gasteiger partial charge in [0.25, 0.3) is 0 Å². The summed E-state index contributed by atoms with van der Waals surface area (Å²) >= 11 is 0. The SMILES string of the molecule is Fc1ccc([C@@H]2C[C@@H](N3CCNCC3)c3ccccc32)cc1. The maximum atomic E-state index is 13.2. The van der Waals surface area contributed by atoms with Crippen molar-refractivity contribution >= 4 is 0 Å². The minimum atomic E-state index is -0.159. The number of rotatable bonds is 2. The molecule has 1 aliphatic carbocycles. The fourth-order valence-electron chi connectivity index (χ4n) is 3.96. The Morgan fingerprint density at radius 3 is 2.32 bits per heavy atom. The fourth-order valence-corrected chi connectivity index (χ4v) is 3.96. The van der Waals surface area contributed by atoms with E-state index in [9.17, 15) is 4.39 Å². The molecule has 1 fully saturated rings. The fraction of sp³-hybridized carbons (Fsp3) is 0.368. The van der Waals surface area contributed by atoms with Crippen LogP contribution < -0.4 is 5.32 Å². The van der Waals surface area contributed by atoms with Crippen molar-refractivity contribution in [2.75, 3.05) is 26.2 Å². The molecule has 2 aromatic carbocycles. The van der Waals surface area contributed by atoms with Gasteiger partial charge in [-0.25, -0.2) is 4.39 Å². The summed E-state index contributed by atoms with van der Waals surface area (Å²) in [7, 11) is 0. The lowest BCUT2D eigenvalue weighted by Gasteiger charge is -2.33. The molecule has 114 valence electrons. The molecule has 2 atom stereocenters. The molecule has 2 aliphatic rings. The number of halogens is 1. The number of fused-ring (bicyclic) bond motifs is 1. The lowest BCUT2D eigenvalue weighted by atomic mass is 9.93. The second-order valence-corrected chi connectivity index (χ2v) is 6.27. The minimum absolute atomic E-state index is 0.159. The molecule has 1 saturated heterocycles. The zero-order chi connectivity index (χ0) is 14.9. The molecule has 0 aromatic heterocycles. The second-order valence-electron chi connectivity index (χ2n) is 6.27. The molecule has 1 heterocycles. The predicted molar refractivity (Wildman–Crippen MR) is 86.5 cm³/mol. The average molecular weight is 296 g/mol. The highest BCUT2D eigenvalue weighted by Crippen LogP contribution is 2.46. The quantitative estimate of drug-likeness (QED) is 0.914. The third-order valence-electron chi connectivity index (χ3n) is 5.05. The van der Waals surface area contributed by atoms with Crippen LogP contribution in [0.3, 0.4) is 0 Å². The molecule has 0 bridgehead atoms. The van der Waals surface area contributed by atoms with E-state index in [1.54, 1.807) is 12.1 Å². The molecule has 2 aromatic rings. The molecule has 22 heavy (non-hydrogen) atoms. The average Bonchev–Trinajstić information content (AvgIpc) is 2.96. The summed E-state index contributed by atoms with van der Waals surface area (Å²) < 4.78 is 13.2. The van der Waals surface area contributed by atoms with Crippen LogP contribution in [0.4, 0.5) is 4.39 Å². The van der Waals surface area contributed by atoms with Crippen LogP contribution in [0.5, 0.6) is 0 Å². The number of hydrogen-bond donors (Lipinski definition) is 1. The van der Waals surface area contributed by atoms with E-state index in [4.69, 9.17) is 0 Å². The number of nitrogens with zero attached hydrogens (tertiary/aromatic N) is 1. The van der Waals surface area contributed by atoms with Crippen LogP contribution >= 0.6 is 0 Å². The Morgan fingerprint density at radius 2 is 1.59 bits per heavy atom. The van der Waals surface area contributed by atoms with Gasteiger partial charge in [-0.15, -0.1) is 0 Å². The highest BCUT2D eigenvalue weighted by molar-refractivity contribution is 5.44. The van der Waals surface area contributed by atoms with E-state index in [0.717, 1.165) is 32.6 Å². The second kappa shape index (κ2) is 5.82. The summed E-state index contributed by atoms with van der Waals surface area (Å²) in [5.41, 5.74) is 4.10. The van der Waals surface area contributed by atoms with Crippen LogP contribution in [-0.4, -0.2) is 31.1 Å². The van der Waals surface area contributed by atoms with Crippen LogP contribution in [0.15, 0.2) is 48.5 Å². The van der Waals surface area contributed by atoms with Crippen LogP contribution in [-0.2, 0) is 0 Å². The number of piperazine rings is 1. The van der Waals surface area contributed by atoms with Crippen LogP contribution in [0, 0.1) is 5.82 Å². The number of nitrogens with one attached hydrogen (secondary N) is 1. The van der Waals surface area contributed by atoms with Gasteiger partial charge in [0.2, 0.25) is 0 Å². The standard InChI is InChI=1S/C19H21FN2/c20-15-7-5-14(6-8-15)18-13-19(22-11-9-21-10-12-22)17-4-2-1-3-16(17)18/h1-8,18-19,21H,9-13H2/t18-,19+/m0/s1. The van der Waals surface area contributed by atoms with Gasteiger partial charge in [0.15, 0.2) is 0 Å². The lowest BCUT2D eigenvalue weighted by Crippen LogP contribution is -2.44. The molecule has 0 unspecified atom stereocenters. The van der Waals surface area contributed by atoms with Gasteiger partial charge < -0.3 is 5.32 Å². The van der Waals surface area contributed by atoms with E-state index in [1.165, 1.54) is 16.7 Å². The molecule has 0 radical (unpaired) electrons. The molecule has 0 saturated carbocycles. The van der Waals surface area contributed by atoms with Gasteiger partial charge >= 0.3 is 0 Å². The van der Waals surface area contributed by atoms with Crippen molar-refractivity contribution in [1.29, 1.82) is 0 Å². The summed E-state index contributed by atoms with van der Waals surface area (Å²) in [5, 5.41) is 3.43. The van der Waals surface area contributed by atoms with Crippen LogP contribution in [0.25, 0.3) is 0 Å². The summed E-state index contributed by atoms with van der Waals surface area (Å²) in [6.45, 7) is 4.35. The zero-order valence-electron chi connectivity index (χ0n) is 12.6. The van der Waals surface area contributed by atoms with E-state index in [1.807, 2.05) is 12.1 Å². The summed E-state index contributed by atoms with van der Waals surface area (Å²) in [6.07, 6.45) is 1.10. The highest BCUT2D eigenvalue weighted by Gasteiger charge is 2.35. The van der Waals surface area contributed by atoms with Gasteiger partial charge in [0.1, 0.15) is 5.82 Å². The molecular formula is C19H21FN2. The Labute approximate surface area is 131 Å². The lowest BCUT2D eigenvalue weighted by molar-refractivity contribution is 0.171. The maximum Gasteiger partial charge on any atom is 0.123 e. The van der Waals surface area contributed by atoms with Crippen LogP contribution in [0.2, 0.25) is 0 Å². The van der Waals surface area contributed by atoms with Gasteiger partial charge in [-0.1, -0.05) is 36.4 Å². The van der Waals surface area contributed by atoms with Crippen molar-refractivity contribution in [2.24, 2.45) is 0 Å². The van der Waals surface area contributed by atoms with Gasteiger partial charge in [-0.3, -0.25) is 4.90 Å². The summed E-state index contributed by atoms with van der Waals surface area (Å²) in [5.74, 6) is 0.227. The van der Waals surface area contributed by atoms with Gasteiger partial charge in [0, 0.05) is 38.1 Å². The molecule has 3 heteroatoms. The Kier molecular flexibility index (Phi) is 3.68. The normalized spacial score (nSPS) is 25.1. The topological polar surface area (TPSA) is 15.3 Å². The van der Waals surface area contributed by atoms with Crippen molar-refractivity contribution in [3.05, 3.63) is 71.0 Å². The number of hydrogen-bond acceptors (Lipinski definition) is 2. The van der Waals surface area contributed by atoms with Gasteiger partial charge in [-0.2, -0.15) is 0 Å². The molecule has 2 nitrogen and oxygen atoms in total. The van der Waals surface area contributed by atoms with Gasteiger partial charge in [0.05, 0.1) is 0 Å². The maximum absolute atomic E-state index is 13.2. The Morgan fingerprint density at radius 1 is 0.909 bits per heavy atom. The zero-order valence-corrected chi connectivity index (χ0v) is 12.6. The van der Waals surface area contributed by atoms with E-state index in [0.29, 0.717) is 12.0 Å². The molecule has 1 aliphatic heterocycles. The first-order valence-corrected chi connectivity index (χ1v) is 8.12. The first-order valence-electron chi connectivity index (χ1n) is 8.12. The largest absolute Gasteiger partial charge is 0.314 e. The van der Waals surface area contributed by atoms with Gasteiger partial charge in [-0.05, 0) is 35.2 Å². The van der Waals surface area contributed by atoms with E-state index in [2.05, 4.69) is 34.5 Å². The molecule has 4 rings (SSSR count). The summed E-state index contributed by atoms with van der Waals surface area (Å²) in [6, 6.07) is 16.3. The Bertz CT molecular complexity index is 647. The van der Waals surface area contributed by atoms with Crippen molar-refractivity contribution in [2.45, 2.75) is 18.4 Å². The third-order valence-corrected chi connectivity index (χ3v) is 5.05. The summed E-state index contributed by atoms with van der Waals surface area (Å²) in [4.78, 5) is 2.60. The van der Waals surface area contributed by atoms with Crippen molar-refractivity contribution < 1.29 is 4.39 Å². The highest BCUT2D eigenvalue weighted by atomic mass is 19.1. The van der Waals surface area contributed by atoms with Crippen molar-refractivity contribution in [1.82, 2.24) is 10.2 Å². The van der Waals surface area contributed by atoms with E-state index >= 15 is 0 Å². The molecule has 1 N–H and O–H groups in total. The Balaban J connectivity index is 1.68. The molecule has 0 spiro atoms. The van der Waals surface area contributed by atoms with Crippen molar-refractivity contribution in [3.8, 4) is 0 Å². The van der Waals surface area contributed by atoms with E-state index < -0.39 is 0 Å². The van der Waals surface area contributed by atoms with Crippen LogP contribution in [0.1, 0.15) is 35.1 Å². The molecular weight excluding hydrogens is 275 g/mol. The monoisotopic (exact) mass is 296 g/mol. The van der Waals surface area contributed by atoms with Crippen molar-refractivity contribution in [3.63, 3.8) is 0 Å². The first kappa shape index (κ1) is 13.9. The first-order chi connectivity index (χ1) is 10.8. The number of benzene rings is 2. The minimum Gasteiger partial charge on any atom is -0.314 e. The predicted octanol–water partition coefficient (Wildman–Crippen LogP) is 3.31. The molecule has 0 amide bonds. The van der Waals surface area contributed by atoms with E-state index in [-0.39, 0.29) is 5.82 Å². The third kappa shape index (κ3) is 2.44. The Hall–Kier alpha value is -1.71.